The van der Waals surface area contributed by atoms with Gasteiger partial charge in [0.15, 0.2) is 0 Å². The minimum atomic E-state index is -0.860. The molecule has 1 saturated heterocycles. The van der Waals surface area contributed by atoms with Gasteiger partial charge in [-0.2, -0.15) is 5.06 Å². The molecule has 0 saturated carbocycles. The first kappa shape index (κ1) is 24.6. The normalized spacial score (nSPS) is 20.8. The molecule has 2 N–H and O–H groups in total. The Kier molecular flexibility index (Phi) is 9.36. The van der Waals surface area contributed by atoms with Crippen molar-refractivity contribution in [2.45, 2.75) is 90.4 Å². The molecule has 0 bridgehead atoms. The molecular weight excluding hydrogens is 344 g/mol. The fourth-order valence-electron chi connectivity index (χ4n) is 3.59. The number of carbonyl (C=O) groups is 1. The minimum absolute atomic E-state index is 0. The van der Waals surface area contributed by atoms with Gasteiger partial charge in [0.05, 0.1) is 25.2 Å². The summed E-state index contributed by atoms with van der Waals surface area (Å²) in [4.78, 5) is 17.4. The summed E-state index contributed by atoms with van der Waals surface area (Å²) in [6.07, 6.45) is 2.21. The highest BCUT2D eigenvalue weighted by molar-refractivity contribution is 5.85. The average molecular weight is 381 g/mol. The van der Waals surface area contributed by atoms with Crippen molar-refractivity contribution in [1.29, 1.82) is 0 Å². The number of carbonyl (C=O) groups excluding carboxylic acids is 1. The predicted octanol–water partition coefficient (Wildman–Crippen LogP) is 2.68. The minimum Gasteiger partial charge on any atom is -0.466 e. The maximum absolute atomic E-state index is 11.5. The molecule has 1 heterocycles. The van der Waals surface area contributed by atoms with Crippen LogP contribution in [-0.4, -0.2) is 58.6 Å². The lowest BCUT2D eigenvalue weighted by molar-refractivity contribution is -0.299. The van der Waals surface area contributed by atoms with E-state index >= 15 is 0 Å². The fourth-order valence-corrected chi connectivity index (χ4v) is 3.59. The molecule has 150 valence electrons. The summed E-state index contributed by atoms with van der Waals surface area (Å²) in [6, 6.07) is 0.311. The Hall–Kier alpha value is -0.400. The Bertz CT molecular complexity index is 404. The number of halogens is 1. The van der Waals surface area contributed by atoms with E-state index in [0.717, 1.165) is 12.8 Å². The summed E-state index contributed by atoms with van der Waals surface area (Å²) in [7, 11) is 0. The highest BCUT2D eigenvalue weighted by Crippen LogP contribution is 2.38. The van der Waals surface area contributed by atoms with Crippen LogP contribution in [0.2, 0.25) is 0 Å². The SMILES string of the molecule is CCOC(=O)CCNC1CC(C)(C)N(OCC(C)(C)O)C(C)(C)C1.Cl. The zero-order chi connectivity index (χ0) is 18.6. The van der Waals surface area contributed by atoms with Crippen molar-refractivity contribution in [1.82, 2.24) is 10.4 Å². The summed E-state index contributed by atoms with van der Waals surface area (Å²) >= 11 is 0. The highest BCUT2D eigenvalue weighted by Gasteiger charge is 2.46. The van der Waals surface area contributed by atoms with Crippen LogP contribution in [0.15, 0.2) is 0 Å². The predicted molar refractivity (Wildman–Crippen MR) is 102 cm³/mol. The molecule has 0 unspecified atom stereocenters. The van der Waals surface area contributed by atoms with Crippen molar-refractivity contribution in [2.75, 3.05) is 19.8 Å². The molecule has 25 heavy (non-hydrogen) atoms. The number of hydrogen-bond donors (Lipinski definition) is 2. The summed E-state index contributed by atoms with van der Waals surface area (Å²) < 4.78 is 4.96. The molecule has 0 atom stereocenters. The van der Waals surface area contributed by atoms with Gasteiger partial charge in [-0.15, -0.1) is 12.4 Å². The Morgan fingerprint density at radius 3 is 2.20 bits per heavy atom. The van der Waals surface area contributed by atoms with E-state index in [9.17, 15) is 9.90 Å². The Balaban J connectivity index is 0.00000576. The second-order valence-corrected chi connectivity index (χ2v) is 8.62. The van der Waals surface area contributed by atoms with E-state index in [1.54, 1.807) is 13.8 Å². The van der Waals surface area contributed by atoms with E-state index in [-0.39, 0.29) is 36.1 Å². The topological polar surface area (TPSA) is 71.0 Å². The van der Waals surface area contributed by atoms with Crippen molar-refractivity contribution in [2.24, 2.45) is 0 Å². The molecule has 1 fully saturated rings. The number of hydrogen-bond acceptors (Lipinski definition) is 6. The summed E-state index contributed by atoms with van der Waals surface area (Å²) in [6.45, 7) is 15.2. The number of esters is 1. The zero-order valence-corrected chi connectivity index (χ0v) is 17.7. The van der Waals surface area contributed by atoms with Crippen LogP contribution in [0.25, 0.3) is 0 Å². The molecule has 0 aromatic carbocycles. The third kappa shape index (κ3) is 8.22. The van der Waals surface area contributed by atoms with E-state index in [1.807, 2.05) is 12.0 Å². The van der Waals surface area contributed by atoms with Crippen molar-refractivity contribution < 1.29 is 19.5 Å². The van der Waals surface area contributed by atoms with Gasteiger partial charge in [-0.3, -0.25) is 9.63 Å². The zero-order valence-electron chi connectivity index (χ0n) is 16.8. The van der Waals surface area contributed by atoms with Gasteiger partial charge in [0, 0.05) is 23.7 Å². The molecule has 0 aromatic rings. The van der Waals surface area contributed by atoms with Gasteiger partial charge >= 0.3 is 5.97 Å². The maximum Gasteiger partial charge on any atom is 0.307 e. The van der Waals surface area contributed by atoms with Gasteiger partial charge in [0.25, 0.3) is 0 Å². The van der Waals surface area contributed by atoms with E-state index < -0.39 is 5.60 Å². The van der Waals surface area contributed by atoms with Crippen molar-refractivity contribution in [3.63, 3.8) is 0 Å². The first-order chi connectivity index (χ1) is 10.9. The second-order valence-electron chi connectivity index (χ2n) is 8.62. The van der Waals surface area contributed by atoms with Gasteiger partial charge in [0.1, 0.15) is 0 Å². The van der Waals surface area contributed by atoms with Crippen LogP contribution >= 0.6 is 12.4 Å². The monoisotopic (exact) mass is 380 g/mol. The lowest BCUT2D eigenvalue weighted by atomic mass is 9.79. The first-order valence-electron chi connectivity index (χ1n) is 8.92. The number of hydroxylamine groups is 2. The third-order valence-corrected chi connectivity index (χ3v) is 4.21. The number of aliphatic hydroxyl groups is 1. The molecule has 6 nitrogen and oxygen atoms in total. The second kappa shape index (κ2) is 9.51. The maximum atomic E-state index is 11.5. The van der Waals surface area contributed by atoms with Crippen LogP contribution in [0.1, 0.15) is 67.7 Å². The van der Waals surface area contributed by atoms with Crippen molar-refractivity contribution in [3.05, 3.63) is 0 Å². The molecule has 0 aliphatic carbocycles. The van der Waals surface area contributed by atoms with Crippen LogP contribution in [0.3, 0.4) is 0 Å². The van der Waals surface area contributed by atoms with Gasteiger partial charge in [-0.1, -0.05) is 0 Å². The standard InChI is InChI=1S/C18H36N2O4.ClH/c1-8-23-15(21)9-10-19-14-11-16(2,3)20(17(4,5)12-14)24-13-18(6,7)22;/h14,19,22H,8-13H2,1-7H3;1H. The Labute approximate surface area is 159 Å². The van der Waals surface area contributed by atoms with E-state index in [1.165, 1.54) is 0 Å². The fraction of sp³-hybridized carbons (Fsp3) is 0.944. The lowest BCUT2D eigenvalue weighted by Gasteiger charge is -2.54. The quantitative estimate of drug-likeness (QED) is 0.631. The van der Waals surface area contributed by atoms with Gasteiger partial charge in [0.2, 0.25) is 0 Å². The Morgan fingerprint density at radius 2 is 1.76 bits per heavy atom. The number of nitrogens with zero attached hydrogens (tertiary/aromatic N) is 1. The largest absolute Gasteiger partial charge is 0.466 e. The smallest absolute Gasteiger partial charge is 0.307 e. The van der Waals surface area contributed by atoms with Gasteiger partial charge in [-0.05, 0) is 61.3 Å². The van der Waals surface area contributed by atoms with E-state index in [2.05, 4.69) is 33.0 Å². The highest BCUT2D eigenvalue weighted by atomic mass is 35.5. The molecule has 0 amide bonds. The van der Waals surface area contributed by atoms with Crippen molar-refractivity contribution in [3.8, 4) is 0 Å². The summed E-state index contributed by atoms with van der Waals surface area (Å²) in [5.41, 5.74) is -1.20. The molecule has 1 rings (SSSR count). The van der Waals surface area contributed by atoms with Crippen LogP contribution < -0.4 is 5.32 Å². The van der Waals surface area contributed by atoms with E-state index in [4.69, 9.17) is 9.57 Å². The number of piperidine rings is 1. The molecule has 7 heteroatoms. The molecular formula is C18H37ClN2O4. The Morgan fingerprint density at radius 1 is 1.24 bits per heavy atom. The average Bonchev–Trinajstić information content (AvgIpc) is 2.34. The third-order valence-electron chi connectivity index (χ3n) is 4.21. The van der Waals surface area contributed by atoms with Crippen molar-refractivity contribution >= 4 is 18.4 Å². The van der Waals surface area contributed by atoms with Crippen LogP contribution in [0, 0.1) is 0 Å². The molecule has 0 aromatic heterocycles. The number of nitrogens with one attached hydrogen (secondary N) is 1. The van der Waals surface area contributed by atoms with Gasteiger partial charge < -0.3 is 15.2 Å². The number of ether oxygens (including phenoxy) is 1. The lowest BCUT2D eigenvalue weighted by Crippen LogP contribution is -2.64. The van der Waals surface area contributed by atoms with Crippen LogP contribution in [0.5, 0.6) is 0 Å². The number of rotatable bonds is 8. The molecule has 0 spiro atoms. The molecule has 0 radical (unpaired) electrons. The summed E-state index contributed by atoms with van der Waals surface area (Å²) in [5, 5.41) is 15.5. The van der Waals surface area contributed by atoms with Crippen LogP contribution in [0.4, 0.5) is 0 Å². The van der Waals surface area contributed by atoms with Gasteiger partial charge in [-0.25, -0.2) is 0 Å². The van der Waals surface area contributed by atoms with Crippen LogP contribution in [-0.2, 0) is 14.4 Å². The molecule has 1 aliphatic rings. The summed E-state index contributed by atoms with van der Waals surface area (Å²) in [5.74, 6) is -0.158. The molecule has 1 aliphatic heterocycles. The first-order valence-corrected chi connectivity index (χ1v) is 8.92. The van der Waals surface area contributed by atoms with E-state index in [0.29, 0.717) is 25.6 Å².